The van der Waals surface area contributed by atoms with Gasteiger partial charge >= 0.3 is 12.0 Å². The number of esters is 1. The molecule has 9 atom stereocenters. The van der Waals surface area contributed by atoms with Crippen molar-refractivity contribution in [2.24, 2.45) is 34.5 Å². The Labute approximate surface area is 233 Å². The minimum Gasteiger partial charge on any atom is -0.458 e. The van der Waals surface area contributed by atoms with Crippen molar-refractivity contribution in [1.82, 2.24) is 15.1 Å². The lowest BCUT2D eigenvalue weighted by Gasteiger charge is -2.64. The highest BCUT2D eigenvalue weighted by atomic mass is 16.5. The summed E-state index contributed by atoms with van der Waals surface area (Å²) in [6, 6.07) is 0.272. The summed E-state index contributed by atoms with van der Waals surface area (Å²) >= 11 is 0. The molecule has 2 amide bonds. The van der Waals surface area contributed by atoms with E-state index in [1.165, 1.54) is 0 Å². The first-order valence-electron chi connectivity index (χ1n) is 15.6. The molecule has 0 bridgehead atoms. The van der Waals surface area contributed by atoms with Gasteiger partial charge in [-0.2, -0.15) is 0 Å². The Bertz CT molecular complexity index is 1020. The number of aliphatic hydroxyl groups is 2. The summed E-state index contributed by atoms with van der Waals surface area (Å²) in [5, 5.41) is 25.3. The number of nitrogens with one attached hydrogen (secondary N) is 1. The molecule has 1 saturated heterocycles. The van der Waals surface area contributed by atoms with Gasteiger partial charge in [-0.25, -0.2) is 9.59 Å². The maximum atomic E-state index is 13.0. The molecule has 39 heavy (non-hydrogen) atoms. The zero-order chi connectivity index (χ0) is 27.6. The van der Waals surface area contributed by atoms with Crippen molar-refractivity contribution in [3.63, 3.8) is 0 Å². The molecule has 0 aromatic rings. The average Bonchev–Trinajstić information content (AvgIpc) is 3.59. The van der Waals surface area contributed by atoms with Crippen LogP contribution in [0.1, 0.15) is 78.1 Å². The van der Waals surface area contributed by atoms with Crippen molar-refractivity contribution >= 4 is 12.0 Å². The molecule has 2 heterocycles. The molecular formula is C31H49N3O5. The van der Waals surface area contributed by atoms with Crippen molar-refractivity contribution < 1.29 is 24.5 Å². The second kappa shape index (κ2) is 10.0. The highest BCUT2D eigenvalue weighted by Gasteiger charge is 2.67. The third-order valence-electron chi connectivity index (χ3n) is 12.8. The fourth-order valence-corrected chi connectivity index (χ4v) is 10.4. The van der Waals surface area contributed by atoms with Gasteiger partial charge in [-0.05, 0) is 98.9 Å². The second-order valence-electron chi connectivity index (χ2n) is 14.3. The number of nitrogens with zero attached hydrogens (tertiary/aromatic N) is 2. The second-order valence-corrected chi connectivity index (χ2v) is 14.3. The van der Waals surface area contributed by atoms with Crippen LogP contribution in [0.4, 0.5) is 4.79 Å². The lowest BCUT2D eigenvalue weighted by molar-refractivity contribution is -0.206. The lowest BCUT2D eigenvalue weighted by atomic mass is 9.43. The Kier molecular flexibility index (Phi) is 7.07. The van der Waals surface area contributed by atoms with Crippen molar-refractivity contribution in [3.8, 4) is 0 Å². The third kappa shape index (κ3) is 4.44. The minimum atomic E-state index is -0.681. The van der Waals surface area contributed by atoms with E-state index >= 15 is 0 Å². The van der Waals surface area contributed by atoms with Crippen LogP contribution in [0.15, 0.2) is 11.6 Å². The predicted molar refractivity (Wildman–Crippen MR) is 148 cm³/mol. The summed E-state index contributed by atoms with van der Waals surface area (Å²) in [5.74, 6) is 1.40. The number of rotatable bonds is 5. The number of cyclic esters (lactones) is 1. The molecule has 0 aromatic heterocycles. The van der Waals surface area contributed by atoms with Crippen molar-refractivity contribution in [3.05, 3.63) is 11.6 Å². The van der Waals surface area contributed by atoms with Crippen LogP contribution >= 0.6 is 0 Å². The Morgan fingerprint density at radius 3 is 2.67 bits per heavy atom. The summed E-state index contributed by atoms with van der Waals surface area (Å²) in [4.78, 5) is 29.0. The van der Waals surface area contributed by atoms with Crippen LogP contribution in [-0.2, 0) is 9.53 Å². The minimum absolute atomic E-state index is 0.0143. The monoisotopic (exact) mass is 543 g/mol. The molecule has 0 aromatic carbocycles. The number of likely N-dealkylation sites (tertiary alicyclic amines) is 1. The smallest absolute Gasteiger partial charge is 0.331 e. The third-order valence-corrected chi connectivity index (χ3v) is 12.8. The standard InChI is InChI=1S/C31H49N3O5/c1-29-10-6-22(33(3)28(37)32-13-15-34-14-9-23(35)18-34)17-21(29)4-5-26-25(29)7-11-30(2)24(8-12-31(26,30)38)20-16-27(36)39-19-20/h16,21-26,35,38H,4-15,17-19H2,1-3H3,(H,32,37)/t21-,22+,23-,24-,25+,26-,29+,30-,31+/m1/s1. The summed E-state index contributed by atoms with van der Waals surface area (Å²) in [6.07, 6.45) is 11.5. The Morgan fingerprint density at radius 2 is 1.95 bits per heavy atom. The normalized spacial score (nSPS) is 45.7. The largest absolute Gasteiger partial charge is 0.458 e. The maximum absolute atomic E-state index is 13.0. The fourth-order valence-electron chi connectivity index (χ4n) is 10.4. The van der Waals surface area contributed by atoms with E-state index in [9.17, 15) is 19.8 Å². The average molecular weight is 544 g/mol. The number of aliphatic hydroxyl groups excluding tert-OH is 1. The number of carbonyl (C=O) groups is 2. The van der Waals surface area contributed by atoms with E-state index in [0.29, 0.717) is 37.5 Å². The zero-order valence-corrected chi connectivity index (χ0v) is 24.2. The molecule has 6 rings (SSSR count). The first-order valence-corrected chi connectivity index (χ1v) is 15.6. The van der Waals surface area contributed by atoms with E-state index in [0.717, 1.165) is 82.9 Å². The molecule has 5 fully saturated rings. The number of urea groups is 1. The van der Waals surface area contributed by atoms with E-state index in [2.05, 4.69) is 24.1 Å². The molecule has 2 aliphatic heterocycles. The Hall–Kier alpha value is -1.64. The number of fused-ring (bicyclic) bond motifs is 5. The topological polar surface area (TPSA) is 102 Å². The van der Waals surface area contributed by atoms with Crippen LogP contribution in [0, 0.1) is 34.5 Å². The quantitative estimate of drug-likeness (QED) is 0.460. The first kappa shape index (κ1) is 27.5. The molecule has 0 radical (unpaired) electrons. The lowest BCUT2D eigenvalue weighted by Crippen LogP contribution is -2.63. The van der Waals surface area contributed by atoms with E-state index in [4.69, 9.17) is 4.74 Å². The number of amides is 2. The number of ether oxygens (including phenoxy) is 1. The van der Waals surface area contributed by atoms with Gasteiger partial charge in [0, 0.05) is 50.8 Å². The molecule has 3 N–H and O–H groups in total. The van der Waals surface area contributed by atoms with E-state index in [1.54, 1.807) is 6.08 Å². The van der Waals surface area contributed by atoms with Gasteiger partial charge in [0.15, 0.2) is 0 Å². The molecule has 0 unspecified atom stereocenters. The van der Waals surface area contributed by atoms with Gasteiger partial charge in [0.1, 0.15) is 6.61 Å². The highest BCUT2D eigenvalue weighted by Crippen LogP contribution is 2.70. The number of carbonyl (C=O) groups excluding carboxylic acids is 2. The first-order chi connectivity index (χ1) is 18.5. The van der Waals surface area contributed by atoms with Gasteiger partial charge in [0.05, 0.1) is 11.7 Å². The van der Waals surface area contributed by atoms with Crippen LogP contribution in [0.25, 0.3) is 0 Å². The molecule has 0 spiro atoms. The van der Waals surface area contributed by atoms with Crippen molar-refractivity contribution in [2.75, 3.05) is 39.8 Å². The number of hydrogen-bond donors (Lipinski definition) is 3. The van der Waals surface area contributed by atoms with E-state index < -0.39 is 5.60 Å². The molecule has 4 saturated carbocycles. The van der Waals surface area contributed by atoms with E-state index in [1.807, 2.05) is 11.9 Å². The van der Waals surface area contributed by atoms with Crippen LogP contribution in [-0.4, -0.2) is 89.6 Å². The van der Waals surface area contributed by atoms with Gasteiger partial charge < -0.3 is 25.2 Å². The zero-order valence-electron chi connectivity index (χ0n) is 24.2. The number of hydrogen-bond acceptors (Lipinski definition) is 6. The fraction of sp³-hybridized carbons (Fsp3) is 0.871. The van der Waals surface area contributed by atoms with Crippen LogP contribution in [0.5, 0.6) is 0 Å². The summed E-state index contributed by atoms with van der Waals surface area (Å²) in [5.41, 5.74) is 0.421. The van der Waals surface area contributed by atoms with Crippen LogP contribution in [0.2, 0.25) is 0 Å². The summed E-state index contributed by atoms with van der Waals surface area (Å²) in [6.45, 7) is 8.18. The van der Waals surface area contributed by atoms with Crippen molar-refractivity contribution in [1.29, 1.82) is 0 Å². The van der Waals surface area contributed by atoms with Gasteiger partial charge in [0.2, 0.25) is 0 Å². The predicted octanol–water partition coefficient (Wildman–Crippen LogP) is 3.32. The highest BCUT2D eigenvalue weighted by molar-refractivity contribution is 5.85. The van der Waals surface area contributed by atoms with Gasteiger partial charge in [-0.3, -0.25) is 4.90 Å². The van der Waals surface area contributed by atoms with Gasteiger partial charge in [-0.1, -0.05) is 13.8 Å². The molecule has 8 heteroatoms. The summed E-state index contributed by atoms with van der Waals surface area (Å²) in [7, 11) is 1.95. The molecule has 8 nitrogen and oxygen atoms in total. The number of β-amino-alcohol motifs (C(OH)–C–C–N with tert-alkyl or cyclic N) is 1. The molecule has 4 aliphatic carbocycles. The van der Waals surface area contributed by atoms with Gasteiger partial charge in [0.25, 0.3) is 0 Å². The molecular weight excluding hydrogens is 494 g/mol. The summed E-state index contributed by atoms with van der Waals surface area (Å²) < 4.78 is 5.27. The van der Waals surface area contributed by atoms with Crippen LogP contribution < -0.4 is 5.32 Å². The van der Waals surface area contributed by atoms with Crippen LogP contribution in [0.3, 0.4) is 0 Å². The molecule has 218 valence electrons. The molecule has 6 aliphatic rings. The Morgan fingerprint density at radius 1 is 1.13 bits per heavy atom. The Balaban J connectivity index is 1.09. The van der Waals surface area contributed by atoms with Crippen molar-refractivity contribution in [2.45, 2.75) is 95.8 Å². The van der Waals surface area contributed by atoms with E-state index in [-0.39, 0.29) is 40.9 Å². The van der Waals surface area contributed by atoms with Gasteiger partial charge in [-0.15, -0.1) is 0 Å². The SMILES string of the molecule is CN(C(=O)NCCN1CC[C@@H](O)C1)[C@H]1CC[C@@]2(C)[C@H](CC[C@@H]3[C@@H]2CC[C@]2(C)[C@@H](C4=CC(=O)OC4)CC[C@]32O)C1. The maximum Gasteiger partial charge on any atom is 0.331 e.